The first kappa shape index (κ1) is 28.3. The summed E-state index contributed by atoms with van der Waals surface area (Å²) in [5.41, 5.74) is 0. The van der Waals surface area contributed by atoms with Gasteiger partial charge in [-0.05, 0) is 26.7 Å². The molecule has 11 nitrogen and oxygen atoms in total. The Bertz CT molecular complexity index is 384. The summed E-state index contributed by atoms with van der Waals surface area (Å²) < 4.78 is 0. The van der Waals surface area contributed by atoms with Crippen molar-refractivity contribution >= 4 is 5.91 Å². The van der Waals surface area contributed by atoms with Crippen molar-refractivity contribution in [2.24, 2.45) is 0 Å². The van der Waals surface area contributed by atoms with Gasteiger partial charge in [-0.25, -0.2) is 0 Å². The lowest BCUT2D eigenvalue weighted by Crippen LogP contribution is -2.55. The smallest absolute Gasteiger partial charge is 0.254 e. The molecule has 0 aliphatic carbocycles. The van der Waals surface area contributed by atoms with Crippen molar-refractivity contribution in [1.82, 2.24) is 4.90 Å². The van der Waals surface area contributed by atoms with Crippen LogP contribution in [0.3, 0.4) is 0 Å². The third-order valence-electron chi connectivity index (χ3n) is 3.90. The Morgan fingerprint density at radius 3 is 1.56 bits per heavy atom. The van der Waals surface area contributed by atoms with E-state index in [4.69, 9.17) is 15.3 Å². The van der Waals surface area contributed by atoms with E-state index in [0.717, 1.165) is 12.0 Å². The van der Waals surface area contributed by atoms with E-state index in [1.54, 1.807) is 13.8 Å². The number of carbonyl (C=O) groups is 1. The van der Waals surface area contributed by atoms with E-state index in [1.165, 1.54) is 0 Å². The molecule has 0 aromatic rings. The Morgan fingerprint density at radius 1 is 0.778 bits per heavy atom. The molecule has 27 heavy (non-hydrogen) atoms. The molecular weight excluding hydrogens is 366 g/mol. The van der Waals surface area contributed by atoms with E-state index in [1.807, 2.05) is 0 Å². The normalized spacial score (nSPS) is 18.0. The number of aliphatic hydroxyl groups is 9. The van der Waals surface area contributed by atoms with E-state index in [2.05, 4.69) is 0 Å². The van der Waals surface area contributed by atoms with Crippen molar-refractivity contribution in [3.05, 3.63) is 0 Å². The minimum Gasteiger partial charge on any atom is -0.400 e. The maximum absolute atomic E-state index is 12.3. The minimum absolute atomic E-state index is 0.164. The first-order valence-electron chi connectivity index (χ1n) is 8.63. The Labute approximate surface area is 158 Å². The zero-order chi connectivity index (χ0) is 21.7. The van der Waals surface area contributed by atoms with Gasteiger partial charge in [-0.3, -0.25) is 4.79 Å². The van der Waals surface area contributed by atoms with Gasteiger partial charge in [0, 0.05) is 32.9 Å². The molecule has 11 heteroatoms. The molecule has 0 aromatic carbocycles. The Balaban J connectivity index is 0. The van der Waals surface area contributed by atoms with Crippen LogP contribution in [0.5, 0.6) is 0 Å². The van der Waals surface area contributed by atoms with Gasteiger partial charge in [-0.2, -0.15) is 0 Å². The number of nitrogens with zero attached hydrogens (tertiary/aromatic N) is 1. The van der Waals surface area contributed by atoms with E-state index in [9.17, 15) is 35.4 Å². The lowest BCUT2D eigenvalue weighted by atomic mass is 10.0. The zero-order valence-electron chi connectivity index (χ0n) is 16.0. The molecule has 0 aliphatic rings. The fraction of sp³-hybridized carbons (Fsp3) is 0.938. The molecule has 0 heterocycles. The summed E-state index contributed by atoms with van der Waals surface area (Å²) in [5.74, 6) is -0.984. The van der Waals surface area contributed by atoms with Gasteiger partial charge in [0.2, 0.25) is 0 Å². The summed E-state index contributed by atoms with van der Waals surface area (Å²) in [6.07, 6.45) is -10.3. The van der Waals surface area contributed by atoms with Crippen LogP contribution in [-0.2, 0) is 4.79 Å². The van der Waals surface area contributed by atoms with Crippen LogP contribution < -0.4 is 0 Å². The predicted molar refractivity (Wildman–Crippen MR) is 94.4 cm³/mol. The van der Waals surface area contributed by atoms with Crippen molar-refractivity contribution in [2.75, 3.05) is 26.9 Å². The summed E-state index contributed by atoms with van der Waals surface area (Å²) >= 11 is 0. The number of amides is 1. The Hall–Kier alpha value is -0.890. The molecule has 0 bridgehead atoms. The molecule has 1 amide bonds. The summed E-state index contributed by atoms with van der Waals surface area (Å²) in [6.45, 7) is 1.86. The van der Waals surface area contributed by atoms with Gasteiger partial charge < -0.3 is 50.9 Å². The highest BCUT2D eigenvalue weighted by Crippen LogP contribution is 2.13. The third-order valence-corrected chi connectivity index (χ3v) is 3.90. The van der Waals surface area contributed by atoms with Crippen molar-refractivity contribution in [1.29, 1.82) is 0 Å². The number of carbonyl (C=O) groups excluding carboxylic acids is 1. The van der Waals surface area contributed by atoms with Crippen LogP contribution in [0.2, 0.25) is 0 Å². The first-order chi connectivity index (χ1) is 12.6. The standard InChI is InChI=1S/C15H31NO9.CH4O/c1-8(2)16(7-11(21)12(22)9(19)3-5-17)15(25)14(24)13(23)10(20)4-6-18;1-2/h8-14,17-24H,3-7H2,1-2H3;2H,1H3. The van der Waals surface area contributed by atoms with Gasteiger partial charge in [0.15, 0.2) is 6.10 Å². The van der Waals surface area contributed by atoms with Gasteiger partial charge in [0.25, 0.3) is 5.91 Å². The monoisotopic (exact) mass is 401 g/mol. The van der Waals surface area contributed by atoms with Crippen molar-refractivity contribution in [2.45, 2.75) is 69.4 Å². The number of hydrogen-bond acceptors (Lipinski definition) is 10. The molecule has 6 atom stereocenters. The predicted octanol–water partition coefficient (Wildman–Crippen LogP) is -4.24. The van der Waals surface area contributed by atoms with Gasteiger partial charge in [0.05, 0.1) is 18.3 Å². The van der Waals surface area contributed by atoms with Crippen LogP contribution >= 0.6 is 0 Å². The highest BCUT2D eigenvalue weighted by Gasteiger charge is 2.36. The molecule has 9 N–H and O–H groups in total. The van der Waals surface area contributed by atoms with Gasteiger partial charge >= 0.3 is 0 Å². The van der Waals surface area contributed by atoms with Gasteiger partial charge in [-0.1, -0.05) is 0 Å². The highest BCUT2D eigenvalue weighted by atomic mass is 16.4. The topological polar surface area (TPSA) is 202 Å². The van der Waals surface area contributed by atoms with Crippen LogP contribution in [-0.4, -0.2) is 126 Å². The van der Waals surface area contributed by atoms with Crippen LogP contribution in [0.1, 0.15) is 26.7 Å². The van der Waals surface area contributed by atoms with Crippen molar-refractivity contribution in [3.8, 4) is 0 Å². The van der Waals surface area contributed by atoms with Crippen LogP contribution in [0, 0.1) is 0 Å². The summed E-state index contributed by atoms with van der Waals surface area (Å²) in [7, 11) is 1.00. The number of rotatable bonds is 12. The second-order valence-electron chi connectivity index (χ2n) is 6.24. The lowest BCUT2D eigenvalue weighted by molar-refractivity contribution is -0.157. The molecule has 0 saturated carbocycles. The zero-order valence-corrected chi connectivity index (χ0v) is 16.0. The second-order valence-corrected chi connectivity index (χ2v) is 6.24. The molecule has 6 unspecified atom stereocenters. The average molecular weight is 401 g/mol. The molecule has 0 aliphatic heterocycles. The van der Waals surface area contributed by atoms with Crippen molar-refractivity contribution < 1.29 is 50.8 Å². The molecule has 0 aromatic heterocycles. The number of aliphatic hydroxyl groups excluding tert-OH is 9. The third kappa shape index (κ3) is 9.74. The average Bonchev–Trinajstić information content (AvgIpc) is 2.65. The molecule has 164 valence electrons. The molecule has 0 fully saturated rings. The van der Waals surface area contributed by atoms with Crippen LogP contribution in [0.25, 0.3) is 0 Å². The fourth-order valence-corrected chi connectivity index (χ4v) is 2.25. The summed E-state index contributed by atoms with van der Waals surface area (Å²) in [5, 5.41) is 83.1. The van der Waals surface area contributed by atoms with Gasteiger partial charge in [-0.15, -0.1) is 0 Å². The molecule has 0 rings (SSSR count). The summed E-state index contributed by atoms with van der Waals surface area (Å²) in [6, 6.07) is -0.527. The quantitative estimate of drug-likeness (QED) is 0.154. The molecule has 0 spiro atoms. The van der Waals surface area contributed by atoms with E-state index < -0.39 is 68.3 Å². The highest BCUT2D eigenvalue weighted by molar-refractivity contribution is 5.81. The van der Waals surface area contributed by atoms with Crippen LogP contribution in [0.15, 0.2) is 0 Å². The number of hydrogen-bond donors (Lipinski definition) is 9. The van der Waals surface area contributed by atoms with E-state index >= 15 is 0 Å². The van der Waals surface area contributed by atoms with Crippen LogP contribution in [0.4, 0.5) is 0 Å². The van der Waals surface area contributed by atoms with E-state index in [0.29, 0.717) is 0 Å². The Morgan fingerprint density at radius 2 is 1.19 bits per heavy atom. The minimum atomic E-state index is -1.99. The lowest BCUT2D eigenvalue weighted by Gasteiger charge is -2.34. The second kappa shape index (κ2) is 15.1. The largest absolute Gasteiger partial charge is 0.400 e. The molecule has 0 radical (unpaired) electrons. The maximum Gasteiger partial charge on any atom is 0.254 e. The maximum atomic E-state index is 12.3. The molecule has 0 saturated heterocycles. The van der Waals surface area contributed by atoms with Crippen molar-refractivity contribution in [3.63, 3.8) is 0 Å². The first-order valence-corrected chi connectivity index (χ1v) is 8.63. The van der Waals surface area contributed by atoms with E-state index in [-0.39, 0.29) is 12.8 Å². The fourth-order valence-electron chi connectivity index (χ4n) is 2.25. The Kier molecular flexibility index (Phi) is 15.8. The molecular formula is C16H35NO10. The SMILES string of the molecule is CC(C)N(CC(O)C(O)C(O)CCO)C(=O)C(O)C(O)C(O)CCO.CO. The summed E-state index contributed by atoms with van der Waals surface area (Å²) in [4.78, 5) is 13.3. The van der Waals surface area contributed by atoms with Gasteiger partial charge in [0.1, 0.15) is 12.2 Å².